The topological polar surface area (TPSA) is 39.1 Å². The Bertz CT molecular complexity index is 583. The molecule has 1 N–H and O–H groups in total. The van der Waals surface area contributed by atoms with Crippen LogP contribution in [-0.2, 0) is 13.5 Å². The lowest BCUT2D eigenvalue weighted by molar-refractivity contribution is 0.397. The summed E-state index contributed by atoms with van der Waals surface area (Å²) in [5.41, 5.74) is 2.17. The molecule has 0 saturated heterocycles. The first-order valence-electron chi connectivity index (χ1n) is 7.19. The maximum Gasteiger partial charge on any atom is 0.125 e. The van der Waals surface area contributed by atoms with E-state index in [1.54, 1.807) is 7.11 Å². The van der Waals surface area contributed by atoms with Crippen molar-refractivity contribution < 1.29 is 4.74 Å². The second-order valence-electron chi connectivity index (χ2n) is 5.08. The smallest absolute Gasteiger partial charge is 0.125 e. The van der Waals surface area contributed by atoms with E-state index in [2.05, 4.69) is 17.3 Å². The molecular weight excluding hydrogens is 286 g/mol. The van der Waals surface area contributed by atoms with Crippen molar-refractivity contribution in [1.29, 1.82) is 0 Å². The fourth-order valence-electron chi connectivity index (χ4n) is 2.36. The molecule has 4 nitrogen and oxygen atoms in total. The second kappa shape index (κ2) is 7.48. The Kier molecular flexibility index (Phi) is 5.65. The Morgan fingerprint density at radius 1 is 1.38 bits per heavy atom. The van der Waals surface area contributed by atoms with Crippen molar-refractivity contribution in [3.05, 3.63) is 46.7 Å². The van der Waals surface area contributed by atoms with Gasteiger partial charge in [-0.3, -0.25) is 4.68 Å². The van der Waals surface area contributed by atoms with Crippen molar-refractivity contribution >= 4 is 11.6 Å². The van der Waals surface area contributed by atoms with Crippen LogP contribution in [0.2, 0.25) is 5.02 Å². The van der Waals surface area contributed by atoms with Crippen LogP contribution in [0.4, 0.5) is 0 Å². The molecule has 0 aliphatic carbocycles. The number of ether oxygens (including phenoxy) is 1. The van der Waals surface area contributed by atoms with E-state index in [0.717, 1.165) is 36.4 Å². The maximum absolute atomic E-state index is 6.05. The summed E-state index contributed by atoms with van der Waals surface area (Å²) in [5.74, 6) is 0.812. The minimum Gasteiger partial charge on any atom is -0.496 e. The van der Waals surface area contributed by atoms with Gasteiger partial charge in [-0.2, -0.15) is 5.10 Å². The lowest BCUT2D eigenvalue weighted by atomic mass is 10.0. The molecule has 1 heterocycles. The zero-order valence-corrected chi connectivity index (χ0v) is 13.5. The van der Waals surface area contributed by atoms with Gasteiger partial charge in [0.1, 0.15) is 5.75 Å². The summed E-state index contributed by atoms with van der Waals surface area (Å²) < 4.78 is 7.30. The fourth-order valence-corrected chi connectivity index (χ4v) is 2.53. The summed E-state index contributed by atoms with van der Waals surface area (Å²) in [5, 5.41) is 8.72. The quantitative estimate of drug-likeness (QED) is 0.852. The molecule has 1 aromatic heterocycles. The molecule has 0 spiro atoms. The fraction of sp³-hybridized carbons (Fsp3) is 0.438. The van der Waals surface area contributed by atoms with Crippen molar-refractivity contribution in [3.63, 3.8) is 0 Å². The average molecular weight is 308 g/mol. The second-order valence-corrected chi connectivity index (χ2v) is 5.51. The van der Waals surface area contributed by atoms with E-state index in [-0.39, 0.29) is 6.04 Å². The largest absolute Gasteiger partial charge is 0.496 e. The molecule has 0 aliphatic rings. The first-order valence-corrected chi connectivity index (χ1v) is 7.57. The molecule has 0 bridgehead atoms. The van der Waals surface area contributed by atoms with Crippen LogP contribution >= 0.6 is 11.6 Å². The molecule has 0 radical (unpaired) electrons. The van der Waals surface area contributed by atoms with E-state index in [9.17, 15) is 0 Å². The van der Waals surface area contributed by atoms with E-state index < -0.39 is 0 Å². The van der Waals surface area contributed by atoms with Crippen LogP contribution in [0.1, 0.15) is 30.6 Å². The molecule has 0 fully saturated rings. The molecule has 0 amide bonds. The number of benzene rings is 1. The van der Waals surface area contributed by atoms with Crippen LogP contribution in [0.15, 0.2) is 30.5 Å². The highest BCUT2D eigenvalue weighted by Crippen LogP contribution is 2.30. The standard InChI is InChI=1S/C16H22ClN3O/c1-4-8-18-15(11-13-7-9-20(2)19-13)14-6-5-12(17)10-16(14)21-3/h5-7,9-10,15,18H,4,8,11H2,1-3H3. The van der Waals surface area contributed by atoms with Crippen molar-refractivity contribution in [2.45, 2.75) is 25.8 Å². The Hall–Kier alpha value is -1.52. The molecule has 1 unspecified atom stereocenters. The molecular formula is C16H22ClN3O. The van der Waals surface area contributed by atoms with Gasteiger partial charge in [0.25, 0.3) is 0 Å². The van der Waals surface area contributed by atoms with E-state index in [1.807, 2.05) is 42.2 Å². The van der Waals surface area contributed by atoms with Gasteiger partial charge in [0.05, 0.1) is 12.8 Å². The van der Waals surface area contributed by atoms with Gasteiger partial charge in [0.2, 0.25) is 0 Å². The highest BCUT2D eigenvalue weighted by Gasteiger charge is 2.17. The SMILES string of the molecule is CCCNC(Cc1ccn(C)n1)c1ccc(Cl)cc1OC. The lowest BCUT2D eigenvalue weighted by Gasteiger charge is -2.20. The average Bonchev–Trinajstić information content (AvgIpc) is 2.88. The van der Waals surface area contributed by atoms with Gasteiger partial charge >= 0.3 is 0 Å². The van der Waals surface area contributed by atoms with Crippen LogP contribution in [0.25, 0.3) is 0 Å². The van der Waals surface area contributed by atoms with Crippen LogP contribution in [0.5, 0.6) is 5.75 Å². The Balaban J connectivity index is 2.26. The maximum atomic E-state index is 6.05. The third-order valence-corrected chi connectivity index (χ3v) is 3.63. The van der Waals surface area contributed by atoms with Gasteiger partial charge in [-0.25, -0.2) is 0 Å². The van der Waals surface area contributed by atoms with E-state index in [1.165, 1.54) is 0 Å². The number of aryl methyl sites for hydroxylation is 1. The highest BCUT2D eigenvalue weighted by atomic mass is 35.5. The summed E-state index contributed by atoms with van der Waals surface area (Å²) in [6.07, 6.45) is 3.86. The molecule has 21 heavy (non-hydrogen) atoms. The molecule has 114 valence electrons. The number of methoxy groups -OCH3 is 1. The third kappa shape index (κ3) is 4.22. The van der Waals surface area contributed by atoms with Crippen molar-refractivity contribution in [2.24, 2.45) is 7.05 Å². The number of aromatic nitrogens is 2. The molecule has 2 aromatic rings. The number of hydrogen-bond donors (Lipinski definition) is 1. The van der Waals surface area contributed by atoms with Crippen molar-refractivity contribution in [1.82, 2.24) is 15.1 Å². The normalized spacial score (nSPS) is 12.4. The summed E-state index contributed by atoms with van der Waals surface area (Å²) in [6.45, 7) is 3.10. The number of rotatable bonds is 7. The van der Waals surface area contributed by atoms with Crippen molar-refractivity contribution in [3.8, 4) is 5.75 Å². The van der Waals surface area contributed by atoms with Crippen LogP contribution in [0, 0.1) is 0 Å². The predicted molar refractivity (Wildman–Crippen MR) is 86.0 cm³/mol. The zero-order valence-electron chi connectivity index (χ0n) is 12.8. The Morgan fingerprint density at radius 2 is 2.19 bits per heavy atom. The predicted octanol–water partition coefficient (Wildman–Crippen LogP) is 3.37. The van der Waals surface area contributed by atoms with Crippen LogP contribution in [0.3, 0.4) is 0 Å². The molecule has 1 atom stereocenters. The highest BCUT2D eigenvalue weighted by molar-refractivity contribution is 6.30. The van der Waals surface area contributed by atoms with Gasteiger partial charge < -0.3 is 10.1 Å². The van der Waals surface area contributed by atoms with E-state index >= 15 is 0 Å². The molecule has 2 rings (SSSR count). The van der Waals surface area contributed by atoms with E-state index in [4.69, 9.17) is 16.3 Å². The Labute approximate surface area is 131 Å². The summed E-state index contributed by atoms with van der Waals surface area (Å²) in [6, 6.07) is 7.99. The van der Waals surface area contributed by atoms with Gasteiger partial charge in [-0.1, -0.05) is 24.6 Å². The number of halogens is 1. The molecule has 1 aromatic carbocycles. The number of nitrogens with zero attached hydrogens (tertiary/aromatic N) is 2. The first kappa shape index (κ1) is 15.9. The van der Waals surface area contributed by atoms with Gasteiger partial charge in [-0.15, -0.1) is 0 Å². The summed E-state index contributed by atoms with van der Waals surface area (Å²) >= 11 is 6.05. The van der Waals surface area contributed by atoms with Gasteiger partial charge in [0, 0.05) is 36.3 Å². The molecule has 5 heteroatoms. The number of nitrogens with one attached hydrogen (secondary N) is 1. The lowest BCUT2D eigenvalue weighted by Crippen LogP contribution is -2.24. The Morgan fingerprint density at radius 3 is 2.81 bits per heavy atom. The summed E-state index contributed by atoms with van der Waals surface area (Å²) in [7, 11) is 3.60. The van der Waals surface area contributed by atoms with Gasteiger partial charge in [-0.05, 0) is 31.2 Å². The monoisotopic (exact) mass is 307 g/mol. The number of hydrogen-bond acceptors (Lipinski definition) is 3. The third-order valence-electron chi connectivity index (χ3n) is 3.39. The van der Waals surface area contributed by atoms with Crippen LogP contribution in [-0.4, -0.2) is 23.4 Å². The minimum absolute atomic E-state index is 0.159. The molecule has 0 saturated carbocycles. The van der Waals surface area contributed by atoms with Crippen LogP contribution < -0.4 is 10.1 Å². The summed E-state index contributed by atoms with van der Waals surface area (Å²) in [4.78, 5) is 0. The minimum atomic E-state index is 0.159. The van der Waals surface area contributed by atoms with E-state index in [0.29, 0.717) is 5.02 Å². The van der Waals surface area contributed by atoms with Gasteiger partial charge in [0.15, 0.2) is 0 Å². The van der Waals surface area contributed by atoms with Crippen molar-refractivity contribution in [2.75, 3.05) is 13.7 Å². The first-order chi connectivity index (χ1) is 10.1. The molecule has 0 aliphatic heterocycles. The zero-order chi connectivity index (χ0) is 15.2.